The first kappa shape index (κ1) is 16.7. The van der Waals surface area contributed by atoms with Crippen molar-refractivity contribution in [2.24, 2.45) is 0 Å². The molecule has 3 rings (SSSR count). The molecule has 0 radical (unpaired) electrons. The molecule has 1 aliphatic rings. The third-order valence-corrected chi connectivity index (χ3v) is 4.69. The average Bonchev–Trinajstić information content (AvgIpc) is 3.10. The number of carbonyl (C=O) groups is 1. The highest BCUT2D eigenvalue weighted by Crippen LogP contribution is 2.23. The summed E-state index contributed by atoms with van der Waals surface area (Å²) in [7, 11) is -3.32. The van der Waals surface area contributed by atoms with Crippen LogP contribution in [0.25, 0.3) is 0 Å². The second-order valence-electron chi connectivity index (χ2n) is 5.93. The molecule has 1 N–H and O–H groups in total. The Labute approximate surface area is 139 Å². The van der Waals surface area contributed by atoms with E-state index in [1.54, 1.807) is 29.6 Å². The van der Waals surface area contributed by atoms with E-state index in [9.17, 15) is 13.2 Å². The summed E-state index contributed by atoms with van der Waals surface area (Å²) in [6.07, 6.45) is 2.75. The number of amides is 1. The van der Waals surface area contributed by atoms with Crippen molar-refractivity contribution in [1.29, 1.82) is 0 Å². The highest BCUT2D eigenvalue weighted by molar-refractivity contribution is 7.88. The molecule has 1 amide bonds. The van der Waals surface area contributed by atoms with Crippen LogP contribution in [0, 0.1) is 13.8 Å². The monoisotopic (exact) mass is 353 g/mol. The van der Waals surface area contributed by atoms with E-state index in [4.69, 9.17) is 4.52 Å². The van der Waals surface area contributed by atoms with E-state index in [0.717, 1.165) is 11.9 Å². The number of aryl methyl sites for hydroxylation is 2. The van der Waals surface area contributed by atoms with Crippen LogP contribution in [0.2, 0.25) is 0 Å². The van der Waals surface area contributed by atoms with Crippen molar-refractivity contribution in [2.75, 3.05) is 19.3 Å². The van der Waals surface area contributed by atoms with E-state index in [1.165, 1.54) is 0 Å². The van der Waals surface area contributed by atoms with E-state index in [0.29, 0.717) is 30.1 Å². The number of rotatable bonds is 4. The van der Waals surface area contributed by atoms with E-state index in [1.807, 2.05) is 6.07 Å². The maximum absolute atomic E-state index is 12.8. The lowest BCUT2D eigenvalue weighted by Crippen LogP contribution is -2.45. The van der Waals surface area contributed by atoms with E-state index >= 15 is 0 Å². The number of fused-ring (bicyclic) bond motifs is 1. The molecule has 0 aliphatic carbocycles. The molecule has 130 valence electrons. The minimum atomic E-state index is -3.32. The fourth-order valence-corrected chi connectivity index (χ4v) is 3.38. The molecule has 0 unspecified atom stereocenters. The van der Waals surface area contributed by atoms with Crippen molar-refractivity contribution < 1.29 is 17.7 Å². The van der Waals surface area contributed by atoms with Crippen LogP contribution in [-0.4, -0.2) is 53.5 Å². The maximum atomic E-state index is 12.8. The minimum absolute atomic E-state index is 0.166. The molecule has 1 atom stereocenters. The van der Waals surface area contributed by atoms with Gasteiger partial charge in [0.05, 0.1) is 30.2 Å². The van der Waals surface area contributed by atoms with E-state index in [-0.39, 0.29) is 18.5 Å². The SMILES string of the molecule is Cc1noc(C)c1C(=O)N1Cc2ccnn2[C@H](CNS(C)(=O)=O)C1. The van der Waals surface area contributed by atoms with Crippen LogP contribution in [0.1, 0.15) is 33.5 Å². The summed E-state index contributed by atoms with van der Waals surface area (Å²) in [6, 6.07) is 1.54. The second kappa shape index (κ2) is 6.02. The largest absolute Gasteiger partial charge is 0.361 e. The maximum Gasteiger partial charge on any atom is 0.259 e. The van der Waals surface area contributed by atoms with Crippen LogP contribution in [0.4, 0.5) is 0 Å². The Bertz CT molecular complexity index is 850. The molecule has 0 saturated carbocycles. The number of sulfonamides is 1. The molecule has 0 fully saturated rings. The lowest BCUT2D eigenvalue weighted by Gasteiger charge is -2.33. The van der Waals surface area contributed by atoms with Crippen molar-refractivity contribution >= 4 is 15.9 Å². The second-order valence-corrected chi connectivity index (χ2v) is 7.76. The summed E-state index contributed by atoms with van der Waals surface area (Å²) >= 11 is 0. The number of nitrogens with zero attached hydrogens (tertiary/aromatic N) is 4. The minimum Gasteiger partial charge on any atom is -0.361 e. The van der Waals surface area contributed by atoms with Gasteiger partial charge in [-0.25, -0.2) is 13.1 Å². The van der Waals surface area contributed by atoms with Gasteiger partial charge in [-0.05, 0) is 19.9 Å². The number of hydrogen-bond acceptors (Lipinski definition) is 6. The topological polar surface area (TPSA) is 110 Å². The van der Waals surface area contributed by atoms with Gasteiger partial charge < -0.3 is 9.42 Å². The first-order valence-electron chi connectivity index (χ1n) is 7.45. The highest BCUT2D eigenvalue weighted by atomic mass is 32.2. The number of nitrogens with one attached hydrogen (secondary N) is 1. The summed E-state index contributed by atoms with van der Waals surface area (Å²) in [5, 5.41) is 8.07. The predicted octanol–water partition coefficient (Wildman–Crippen LogP) is 0.234. The molecule has 1 aliphatic heterocycles. The fraction of sp³-hybridized carbons (Fsp3) is 0.500. The molecular formula is C14H19N5O4S. The molecule has 9 nitrogen and oxygen atoms in total. The van der Waals surface area contributed by atoms with Gasteiger partial charge >= 0.3 is 0 Å². The Morgan fingerprint density at radius 2 is 2.21 bits per heavy atom. The Balaban J connectivity index is 1.86. The molecule has 0 saturated heterocycles. The van der Waals surface area contributed by atoms with Gasteiger partial charge in [0.1, 0.15) is 11.3 Å². The van der Waals surface area contributed by atoms with E-state index in [2.05, 4.69) is 15.0 Å². The van der Waals surface area contributed by atoms with Crippen molar-refractivity contribution in [2.45, 2.75) is 26.4 Å². The van der Waals surface area contributed by atoms with Gasteiger partial charge in [-0.2, -0.15) is 5.10 Å². The summed E-state index contributed by atoms with van der Waals surface area (Å²) in [6.45, 7) is 4.34. The molecule has 3 heterocycles. The average molecular weight is 353 g/mol. The smallest absolute Gasteiger partial charge is 0.259 e. The highest BCUT2D eigenvalue weighted by Gasteiger charge is 2.31. The van der Waals surface area contributed by atoms with Crippen LogP contribution in [0.15, 0.2) is 16.8 Å². The Morgan fingerprint density at radius 3 is 2.83 bits per heavy atom. The molecule has 0 spiro atoms. The number of hydrogen-bond donors (Lipinski definition) is 1. The summed E-state index contributed by atoms with van der Waals surface area (Å²) in [5.74, 6) is 0.297. The van der Waals surface area contributed by atoms with Crippen LogP contribution in [0.3, 0.4) is 0 Å². The van der Waals surface area contributed by atoms with Gasteiger partial charge in [-0.3, -0.25) is 9.48 Å². The van der Waals surface area contributed by atoms with Crippen molar-refractivity contribution in [1.82, 2.24) is 24.6 Å². The zero-order valence-electron chi connectivity index (χ0n) is 13.7. The molecule has 2 aromatic rings. The third kappa shape index (κ3) is 3.20. The quantitative estimate of drug-likeness (QED) is 0.843. The molecule has 2 aromatic heterocycles. The third-order valence-electron chi connectivity index (χ3n) is 4.00. The Hall–Kier alpha value is -2.20. The molecular weight excluding hydrogens is 334 g/mol. The van der Waals surface area contributed by atoms with Gasteiger partial charge in [0, 0.05) is 19.3 Å². The fourth-order valence-electron chi connectivity index (χ4n) is 2.89. The van der Waals surface area contributed by atoms with Gasteiger partial charge in [0.25, 0.3) is 5.91 Å². The standard InChI is InChI=1S/C14H19N5O4S/c1-9-13(10(2)23-17-9)14(20)18-7-11-4-5-15-19(11)12(8-18)6-16-24(3,21)22/h4-5,12,16H,6-8H2,1-3H3/t12-/m1/s1. The van der Waals surface area contributed by atoms with Crippen molar-refractivity contribution in [3.8, 4) is 0 Å². The predicted molar refractivity (Wildman–Crippen MR) is 84.8 cm³/mol. The summed E-state index contributed by atoms with van der Waals surface area (Å²) < 4.78 is 32.1. The molecule has 24 heavy (non-hydrogen) atoms. The summed E-state index contributed by atoms with van der Waals surface area (Å²) in [5.41, 5.74) is 1.85. The van der Waals surface area contributed by atoms with Crippen LogP contribution >= 0.6 is 0 Å². The first-order valence-corrected chi connectivity index (χ1v) is 9.34. The van der Waals surface area contributed by atoms with E-state index < -0.39 is 10.0 Å². The molecule has 0 aromatic carbocycles. The Morgan fingerprint density at radius 1 is 1.46 bits per heavy atom. The van der Waals surface area contributed by atoms with Gasteiger partial charge in [-0.1, -0.05) is 5.16 Å². The van der Waals surface area contributed by atoms with Crippen LogP contribution < -0.4 is 4.72 Å². The number of carbonyl (C=O) groups excluding carboxylic acids is 1. The van der Waals surface area contributed by atoms with Gasteiger partial charge in [0.2, 0.25) is 10.0 Å². The van der Waals surface area contributed by atoms with Crippen molar-refractivity contribution in [3.05, 3.63) is 35.0 Å². The normalized spacial score (nSPS) is 17.8. The lowest BCUT2D eigenvalue weighted by atomic mass is 10.1. The zero-order chi connectivity index (χ0) is 17.5. The van der Waals surface area contributed by atoms with Crippen LogP contribution in [0.5, 0.6) is 0 Å². The molecule has 10 heteroatoms. The summed E-state index contributed by atoms with van der Waals surface area (Å²) in [4.78, 5) is 14.5. The first-order chi connectivity index (χ1) is 11.3. The Kier molecular flexibility index (Phi) is 4.18. The van der Waals surface area contributed by atoms with Crippen molar-refractivity contribution in [3.63, 3.8) is 0 Å². The van der Waals surface area contributed by atoms with Crippen LogP contribution in [-0.2, 0) is 16.6 Å². The number of aromatic nitrogens is 3. The van der Waals surface area contributed by atoms with Gasteiger partial charge in [-0.15, -0.1) is 0 Å². The zero-order valence-corrected chi connectivity index (χ0v) is 14.5. The molecule has 0 bridgehead atoms. The lowest BCUT2D eigenvalue weighted by molar-refractivity contribution is 0.0669. The van der Waals surface area contributed by atoms with Gasteiger partial charge in [0.15, 0.2) is 0 Å².